The highest BCUT2D eigenvalue weighted by Gasteiger charge is 2.50. The van der Waals surface area contributed by atoms with E-state index in [1.54, 1.807) is 32.0 Å². The summed E-state index contributed by atoms with van der Waals surface area (Å²) >= 11 is 6.56. The zero-order chi connectivity index (χ0) is 39.6. The average Bonchev–Trinajstić information content (AvgIpc) is 3.87. The third-order valence-electron chi connectivity index (χ3n) is 9.19. The van der Waals surface area contributed by atoms with Gasteiger partial charge in [-0.3, -0.25) is 14.9 Å². The van der Waals surface area contributed by atoms with Gasteiger partial charge in [-0.25, -0.2) is 14.0 Å². The van der Waals surface area contributed by atoms with Crippen LogP contribution in [0.3, 0.4) is 0 Å². The number of nitrogens with two attached hydrogens (primary N) is 1. The average molecular weight is 761 g/mol. The molecule has 0 saturated carbocycles. The van der Waals surface area contributed by atoms with Crippen LogP contribution >= 0.6 is 11.6 Å². The Hall–Kier alpha value is -4.66. The quantitative estimate of drug-likeness (QED) is 0.179. The number of amides is 3. The number of aliphatic carboxylic acids is 1. The van der Waals surface area contributed by atoms with Gasteiger partial charge < -0.3 is 40.0 Å². The molecular weight excluding hydrogens is 711 g/mol. The first-order chi connectivity index (χ1) is 24.9. The minimum Gasteiger partial charge on any atom is -0.495 e. The van der Waals surface area contributed by atoms with E-state index in [0.717, 1.165) is 21.6 Å². The van der Waals surface area contributed by atoms with Gasteiger partial charge in [0.2, 0.25) is 12.3 Å². The molecule has 2 aromatic carbocycles. The fraction of sp³-hybridized carbons (Fsp3) is 0.474. The fourth-order valence-electron chi connectivity index (χ4n) is 5.88. The Labute approximate surface area is 314 Å². The van der Waals surface area contributed by atoms with Crippen molar-refractivity contribution in [3.63, 3.8) is 0 Å². The topological polar surface area (TPSA) is 184 Å². The number of epoxide rings is 1. The number of allylic oxidation sites excluding steroid dienone is 3. The number of carboxylic acids is 1. The summed E-state index contributed by atoms with van der Waals surface area (Å²) in [6.07, 6.45) is 6.74. The van der Waals surface area contributed by atoms with Crippen molar-refractivity contribution in [2.75, 3.05) is 31.8 Å². The standard InChI is InChI=1S/C26H33ClN2O6.C7H8FN.C5H9NO3/c1-15-7-5-6-10-26(32)14-21(35-25(31)28-26)16(2)24-19(34-24)8-9-22(30)29(3)18-12-17(11-15)13-20(33-4)23(18)27;1-5-2-6(8)4-7(9)3-5;1-4(5(8)9)6(2)3-7/h5-7,12-13,16,19,21,24,32H,8-11,14H2,1-4H3,(H,28,31);2-4H,9H2,1H3;3-4H,1-2H3,(H,8,9)/b6-5+,15-7+;;/t16-,19?,21?,24?,26-;;4-/m1.0/s1. The lowest BCUT2D eigenvalue weighted by Gasteiger charge is -2.38. The summed E-state index contributed by atoms with van der Waals surface area (Å²) in [7, 11) is 4.69. The van der Waals surface area contributed by atoms with E-state index in [-0.39, 0.29) is 49.1 Å². The van der Waals surface area contributed by atoms with E-state index in [9.17, 15) is 28.7 Å². The van der Waals surface area contributed by atoms with E-state index in [1.165, 1.54) is 26.1 Å². The maximum atomic E-state index is 13.0. The van der Waals surface area contributed by atoms with Crippen molar-refractivity contribution in [2.45, 2.75) is 89.9 Å². The van der Waals surface area contributed by atoms with Gasteiger partial charge in [0.15, 0.2) is 0 Å². The normalized spacial score (nSPS) is 26.2. The van der Waals surface area contributed by atoms with Crippen molar-refractivity contribution in [3.05, 3.63) is 76.1 Å². The van der Waals surface area contributed by atoms with Crippen molar-refractivity contribution < 1.29 is 48.0 Å². The lowest BCUT2D eigenvalue weighted by atomic mass is 9.89. The smallest absolute Gasteiger partial charge is 0.409 e. The summed E-state index contributed by atoms with van der Waals surface area (Å²) in [4.78, 5) is 47.8. The number of ether oxygens (including phenoxy) is 3. The molecule has 3 aliphatic heterocycles. The summed E-state index contributed by atoms with van der Waals surface area (Å²) in [6, 6.07) is 7.52. The van der Waals surface area contributed by atoms with Gasteiger partial charge in [-0.1, -0.05) is 42.3 Å². The number of carboxylic acid groups (broad SMARTS) is 1. The first kappa shape index (κ1) is 42.8. The number of likely N-dealkylation sites (N-methyl/N-ethyl adjacent to an activating group) is 1. The number of halogens is 2. The van der Waals surface area contributed by atoms with Crippen LogP contribution in [0.2, 0.25) is 5.02 Å². The maximum absolute atomic E-state index is 13.0. The lowest BCUT2D eigenvalue weighted by Crippen LogP contribution is -2.57. The van der Waals surface area contributed by atoms with E-state index in [2.05, 4.69) is 5.32 Å². The van der Waals surface area contributed by atoms with E-state index >= 15 is 0 Å². The number of fused-ring (bicyclic) bond motifs is 5. The van der Waals surface area contributed by atoms with Crippen LogP contribution in [0.25, 0.3) is 0 Å². The number of carbonyl (C=O) groups excluding carboxylic acids is 3. The van der Waals surface area contributed by atoms with Crippen LogP contribution in [0.5, 0.6) is 5.75 Å². The minimum atomic E-state index is -1.39. The number of rotatable bonds is 4. The van der Waals surface area contributed by atoms with E-state index in [0.29, 0.717) is 41.4 Å². The molecule has 15 heteroatoms. The summed E-state index contributed by atoms with van der Waals surface area (Å²) in [5.74, 6) is -0.951. The Balaban J connectivity index is 0.000000343. The number of carbonyl (C=O) groups is 4. The second-order valence-corrected chi connectivity index (χ2v) is 14.0. The fourth-order valence-corrected chi connectivity index (χ4v) is 6.19. The predicted molar refractivity (Wildman–Crippen MR) is 199 cm³/mol. The number of methoxy groups -OCH3 is 1. The van der Waals surface area contributed by atoms with Crippen LogP contribution < -0.4 is 20.7 Å². The van der Waals surface area contributed by atoms with Crippen LogP contribution in [0, 0.1) is 18.7 Å². The SMILES string of the molecule is COc1cc2cc(c1Cl)N(C)C(=O)CCC1OC1[C@H](C)C1C[C@](O)(C/C=C/C=C(\C)C2)NC(=O)O1.C[C@@H](C(=O)O)N(C)C=O.Cc1cc(N)cc(F)c1. The van der Waals surface area contributed by atoms with Gasteiger partial charge in [0.25, 0.3) is 0 Å². The summed E-state index contributed by atoms with van der Waals surface area (Å²) in [6.45, 7) is 7.19. The van der Waals surface area contributed by atoms with Gasteiger partial charge in [0.05, 0.1) is 25.0 Å². The van der Waals surface area contributed by atoms with Crippen molar-refractivity contribution in [2.24, 2.45) is 5.92 Å². The van der Waals surface area contributed by atoms with E-state index in [4.69, 9.17) is 36.7 Å². The molecule has 2 aromatic rings. The minimum absolute atomic E-state index is 0.0798. The highest BCUT2D eigenvalue weighted by molar-refractivity contribution is 6.35. The van der Waals surface area contributed by atoms with Crippen molar-refractivity contribution in [3.8, 4) is 5.75 Å². The summed E-state index contributed by atoms with van der Waals surface area (Å²) in [5.41, 5.74) is 7.88. The van der Waals surface area contributed by atoms with E-state index in [1.807, 2.05) is 44.2 Å². The molecular formula is C38H50ClFN4O9. The molecule has 3 aliphatic rings. The number of aryl methyl sites for hydroxylation is 1. The molecule has 0 spiro atoms. The number of anilines is 2. The molecule has 5 N–H and O–H groups in total. The molecule has 290 valence electrons. The zero-order valence-electron chi connectivity index (χ0n) is 31.1. The van der Waals surface area contributed by atoms with Crippen molar-refractivity contribution in [1.82, 2.24) is 10.2 Å². The first-order valence-corrected chi connectivity index (χ1v) is 17.5. The highest BCUT2D eigenvalue weighted by atomic mass is 35.5. The predicted octanol–water partition coefficient (Wildman–Crippen LogP) is 5.39. The molecule has 2 saturated heterocycles. The Bertz CT molecular complexity index is 1660. The molecule has 0 aliphatic carbocycles. The first-order valence-electron chi connectivity index (χ1n) is 17.1. The number of nitrogens with one attached hydrogen (secondary N) is 1. The third-order valence-corrected chi connectivity index (χ3v) is 9.57. The van der Waals surface area contributed by atoms with Gasteiger partial charge in [0, 0.05) is 45.0 Å². The van der Waals surface area contributed by atoms with Crippen LogP contribution in [0.1, 0.15) is 57.6 Å². The Morgan fingerprint density at radius 2 is 1.92 bits per heavy atom. The number of hydrogen-bond donors (Lipinski definition) is 4. The number of nitrogen functional groups attached to an aromatic ring is 1. The second-order valence-electron chi connectivity index (χ2n) is 13.6. The molecule has 0 radical (unpaired) electrons. The lowest BCUT2D eigenvalue weighted by molar-refractivity contribution is -0.144. The van der Waals surface area contributed by atoms with Gasteiger partial charge in [-0.15, -0.1) is 0 Å². The maximum Gasteiger partial charge on any atom is 0.409 e. The highest BCUT2D eigenvalue weighted by Crippen LogP contribution is 2.40. The number of hydrogen-bond acceptors (Lipinski definition) is 9. The molecule has 4 bridgehead atoms. The van der Waals surface area contributed by atoms with Gasteiger partial charge in [0.1, 0.15) is 34.5 Å². The number of alkyl carbamates (subject to hydrolysis) is 1. The molecule has 5 rings (SSSR count). The molecule has 53 heavy (non-hydrogen) atoms. The molecule has 13 nitrogen and oxygen atoms in total. The van der Waals surface area contributed by atoms with Crippen LogP contribution in [0.15, 0.2) is 54.1 Å². The van der Waals surface area contributed by atoms with E-state index < -0.39 is 29.9 Å². The van der Waals surface area contributed by atoms with Crippen LogP contribution in [-0.2, 0) is 30.3 Å². The second kappa shape index (κ2) is 18.9. The van der Waals surface area contributed by atoms with Crippen molar-refractivity contribution >= 4 is 47.4 Å². The summed E-state index contributed by atoms with van der Waals surface area (Å²) < 4.78 is 29.1. The number of benzene rings is 2. The molecule has 3 unspecified atom stereocenters. The molecule has 3 heterocycles. The monoisotopic (exact) mass is 760 g/mol. The van der Waals surface area contributed by atoms with Crippen LogP contribution in [-0.4, -0.2) is 90.8 Å². The molecule has 0 aromatic heterocycles. The zero-order valence-corrected chi connectivity index (χ0v) is 31.9. The summed E-state index contributed by atoms with van der Waals surface area (Å²) in [5, 5.41) is 22.3. The van der Waals surface area contributed by atoms with Gasteiger partial charge in [-0.2, -0.15) is 0 Å². The van der Waals surface area contributed by atoms with Crippen LogP contribution in [0.4, 0.5) is 20.6 Å². The van der Waals surface area contributed by atoms with Gasteiger partial charge in [-0.05, 0) is 75.1 Å². The Kier molecular flexibility index (Phi) is 15.2. The van der Waals surface area contributed by atoms with Crippen molar-refractivity contribution in [1.29, 1.82) is 0 Å². The van der Waals surface area contributed by atoms with Gasteiger partial charge >= 0.3 is 12.1 Å². The molecule has 2 fully saturated rings. The molecule has 6 atom stereocenters. The Morgan fingerprint density at radius 3 is 2.51 bits per heavy atom. The largest absolute Gasteiger partial charge is 0.495 e. The number of nitrogens with zero attached hydrogens (tertiary/aromatic N) is 2. The Morgan fingerprint density at radius 1 is 1.23 bits per heavy atom. The number of aliphatic hydroxyl groups is 1. The third kappa shape index (κ3) is 12.5. The molecule has 3 amide bonds.